The van der Waals surface area contributed by atoms with Crippen LogP contribution in [0.5, 0.6) is 5.75 Å². The molecule has 0 aliphatic heterocycles. The van der Waals surface area contributed by atoms with Crippen molar-refractivity contribution < 1.29 is 9.13 Å². The Bertz CT molecular complexity index is 531. The maximum Gasteiger partial charge on any atom is 0.165 e. The van der Waals surface area contributed by atoms with Crippen molar-refractivity contribution in [3.8, 4) is 5.75 Å². The van der Waals surface area contributed by atoms with E-state index >= 15 is 0 Å². The number of ether oxygens (including phenoxy) is 1. The third-order valence-corrected chi connectivity index (χ3v) is 2.93. The molecule has 0 saturated carbocycles. The number of rotatable bonds is 5. The van der Waals surface area contributed by atoms with E-state index in [4.69, 9.17) is 10.5 Å². The van der Waals surface area contributed by atoms with E-state index in [2.05, 4.69) is 5.32 Å². The number of nitrogens with one attached hydrogen (secondary N) is 1. The Hall–Kier alpha value is -2.07. The first-order valence-corrected chi connectivity index (χ1v) is 6.09. The van der Waals surface area contributed by atoms with Crippen LogP contribution < -0.4 is 15.8 Å². The number of hydrogen-bond donors (Lipinski definition) is 2. The Morgan fingerprint density at radius 2 is 1.95 bits per heavy atom. The Balaban J connectivity index is 2.19. The predicted octanol–water partition coefficient (Wildman–Crippen LogP) is 2.95. The summed E-state index contributed by atoms with van der Waals surface area (Å²) < 4.78 is 18.3. The van der Waals surface area contributed by atoms with Crippen molar-refractivity contribution in [3.05, 3.63) is 59.9 Å². The third-order valence-electron chi connectivity index (χ3n) is 2.93. The number of benzene rings is 2. The van der Waals surface area contributed by atoms with Gasteiger partial charge in [0.1, 0.15) is 0 Å². The fraction of sp³-hybridized carbons (Fsp3) is 0.200. The molecule has 3 N–H and O–H groups in total. The van der Waals surface area contributed by atoms with Crippen LogP contribution in [0.3, 0.4) is 0 Å². The molecule has 1 unspecified atom stereocenters. The lowest BCUT2D eigenvalue weighted by Crippen LogP contribution is -2.20. The maximum absolute atomic E-state index is 13.3. The molecular formula is C15H17FN2O. The van der Waals surface area contributed by atoms with Crippen molar-refractivity contribution in [1.29, 1.82) is 0 Å². The van der Waals surface area contributed by atoms with E-state index in [9.17, 15) is 4.39 Å². The molecule has 0 bridgehead atoms. The zero-order valence-electron chi connectivity index (χ0n) is 10.8. The van der Waals surface area contributed by atoms with Crippen molar-refractivity contribution in [2.75, 3.05) is 19.0 Å². The van der Waals surface area contributed by atoms with Crippen LogP contribution >= 0.6 is 0 Å². The first-order chi connectivity index (χ1) is 9.24. The quantitative estimate of drug-likeness (QED) is 0.869. The molecule has 4 heteroatoms. The molecule has 19 heavy (non-hydrogen) atoms. The molecule has 0 aliphatic carbocycles. The van der Waals surface area contributed by atoms with Gasteiger partial charge in [0.25, 0.3) is 0 Å². The largest absolute Gasteiger partial charge is 0.494 e. The molecule has 0 aromatic heterocycles. The highest BCUT2D eigenvalue weighted by molar-refractivity contribution is 5.50. The molecule has 0 radical (unpaired) electrons. The summed E-state index contributed by atoms with van der Waals surface area (Å²) in [6.07, 6.45) is 0. The summed E-state index contributed by atoms with van der Waals surface area (Å²) in [6.45, 7) is 0.448. The molecule has 1 atom stereocenters. The molecule has 2 aromatic carbocycles. The number of nitrogens with two attached hydrogens (primary N) is 1. The molecule has 0 heterocycles. The Labute approximate surface area is 112 Å². The molecule has 100 valence electrons. The molecule has 0 spiro atoms. The van der Waals surface area contributed by atoms with E-state index < -0.39 is 0 Å². The average molecular weight is 260 g/mol. The topological polar surface area (TPSA) is 47.3 Å². The SMILES string of the molecule is COc1cc(NC(CN)c2ccccc2)ccc1F. The highest BCUT2D eigenvalue weighted by Crippen LogP contribution is 2.24. The average Bonchev–Trinajstić information content (AvgIpc) is 2.47. The van der Waals surface area contributed by atoms with Crippen LogP contribution in [0, 0.1) is 5.82 Å². The monoisotopic (exact) mass is 260 g/mol. The summed E-state index contributed by atoms with van der Waals surface area (Å²) in [4.78, 5) is 0. The zero-order valence-corrected chi connectivity index (χ0v) is 10.8. The fourth-order valence-electron chi connectivity index (χ4n) is 1.91. The van der Waals surface area contributed by atoms with E-state index in [0.717, 1.165) is 11.3 Å². The Morgan fingerprint density at radius 1 is 1.21 bits per heavy atom. The molecule has 0 saturated heterocycles. The highest BCUT2D eigenvalue weighted by atomic mass is 19.1. The lowest BCUT2D eigenvalue weighted by atomic mass is 10.1. The summed E-state index contributed by atoms with van der Waals surface area (Å²) in [6, 6.07) is 14.5. The zero-order chi connectivity index (χ0) is 13.7. The van der Waals surface area contributed by atoms with Crippen LogP contribution in [-0.4, -0.2) is 13.7 Å². The first-order valence-electron chi connectivity index (χ1n) is 6.09. The summed E-state index contributed by atoms with van der Waals surface area (Å²) >= 11 is 0. The molecular weight excluding hydrogens is 243 g/mol. The van der Waals surface area contributed by atoms with Crippen LogP contribution in [-0.2, 0) is 0 Å². The second-order valence-corrected chi connectivity index (χ2v) is 4.19. The summed E-state index contributed by atoms with van der Waals surface area (Å²) in [5.41, 5.74) is 7.65. The Morgan fingerprint density at radius 3 is 2.58 bits per heavy atom. The molecule has 0 amide bonds. The molecule has 0 fully saturated rings. The van der Waals surface area contributed by atoms with Crippen LogP contribution in [0.25, 0.3) is 0 Å². The van der Waals surface area contributed by atoms with Crippen molar-refractivity contribution >= 4 is 5.69 Å². The van der Waals surface area contributed by atoms with Gasteiger partial charge >= 0.3 is 0 Å². The van der Waals surface area contributed by atoms with E-state index in [1.54, 1.807) is 12.1 Å². The molecule has 3 nitrogen and oxygen atoms in total. The van der Waals surface area contributed by atoms with E-state index in [1.807, 2.05) is 30.3 Å². The minimum atomic E-state index is -0.378. The van der Waals surface area contributed by atoms with E-state index in [1.165, 1.54) is 13.2 Å². The summed E-state index contributed by atoms with van der Waals surface area (Å²) in [5, 5.41) is 3.28. The van der Waals surface area contributed by atoms with Gasteiger partial charge < -0.3 is 15.8 Å². The van der Waals surface area contributed by atoms with Crippen molar-refractivity contribution in [1.82, 2.24) is 0 Å². The van der Waals surface area contributed by atoms with Gasteiger partial charge in [-0.05, 0) is 17.7 Å². The van der Waals surface area contributed by atoms with Gasteiger partial charge in [-0.25, -0.2) is 4.39 Å². The highest BCUT2D eigenvalue weighted by Gasteiger charge is 2.10. The number of anilines is 1. The number of halogens is 1. The van der Waals surface area contributed by atoms with Crippen molar-refractivity contribution in [3.63, 3.8) is 0 Å². The van der Waals surface area contributed by atoms with Crippen molar-refractivity contribution in [2.45, 2.75) is 6.04 Å². The van der Waals surface area contributed by atoms with Gasteiger partial charge in [-0.15, -0.1) is 0 Å². The fourth-order valence-corrected chi connectivity index (χ4v) is 1.91. The normalized spacial score (nSPS) is 11.9. The minimum absolute atomic E-state index is 0.0173. The van der Waals surface area contributed by atoms with Crippen molar-refractivity contribution in [2.24, 2.45) is 5.73 Å². The van der Waals surface area contributed by atoms with Gasteiger partial charge in [0.05, 0.1) is 13.2 Å². The summed E-state index contributed by atoms with van der Waals surface area (Å²) in [5.74, 6) is -0.161. The first kappa shape index (κ1) is 13.4. The standard InChI is InChI=1S/C15H17FN2O/c1-19-15-9-12(7-8-13(15)16)18-14(10-17)11-5-3-2-4-6-11/h2-9,14,18H,10,17H2,1H3. The second kappa shape index (κ2) is 6.20. The van der Waals surface area contributed by atoms with Gasteiger partial charge in [0.2, 0.25) is 0 Å². The van der Waals surface area contributed by atoms with Gasteiger partial charge in [0.15, 0.2) is 11.6 Å². The lowest BCUT2D eigenvalue weighted by molar-refractivity contribution is 0.386. The Kier molecular flexibility index (Phi) is 4.36. The second-order valence-electron chi connectivity index (χ2n) is 4.19. The number of methoxy groups -OCH3 is 1. The lowest BCUT2D eigenvalue weighted by Gasteiger charge is -2.19. The third kappa shape index (κ3) is 3.23. The molecule has 0 aliphatic rings. The number of hydrogen-bond acceptors (Lipinski definition) is 3. The van der Waals surface area contributed by atoms with Crippen LogP contribution in [0.15, 0.2) is 48.5 Å². The van der Waals surface area contributed by atoms with Gasteiger partial charge in [-0.3, -0.25) is 0 Å². The van der Waals surface area contributed by atoms with Crippen LogP contribution in [0.2, 0.25) is 0 Å². The van der Waals surface area contributed by atoms with Gasteiger partial charge in [-0.2, -0.15) is 0 Å². The minimum Gasteiger partial charge on any atom is -0.494 e. The maximum atomic E-state index is 13.3. The van der Waals surface area contributed by atoms with Crippen LogP contribution in [0.4, 0.5) is 10.1 Å². The van der Waals surface area contributed by atoms with E-state index in [0.29, 0.717) is 6.54 Å². The van der Waals surface area contributed by atoms with Crippen LogP contribution in [0.1, 0.15) is 11.6 Å². The molecule has 2 rings (SSSR count). The van der Waals surface area contributed by atoms with Gasteiger partial charge in [-0.1, -0.05) is 30.3 Å². The smallest absolute Gasteiger partial charge is 0.165 e. The predicted molar refractivity (Wildman–Crippen MR) is 74.8 cm³/mol. The van der Waals surface area contributed by atoms with E-state index in [-0.39, 0.29) is 17.6 Å². The molecule has 2 aromatic rings. The summed E-state index contributed by atoms with van der Waals surface area (Å²) in [7, 11) is 1.44. The van der Waals surface area contributed by atoms with Gasteiger partial charge in [0, 0.05) is 18.3 Å².